The number of aromatic nitrogens is 2. The van der Waals surface area contributed by atoms with E-state index in [-0.39, 0.29) is 18.5 Å². The summed E-state index contributed by atoms with van der Waals surface area (Å²) in [5.41, 5.74) is 2.43. The van der Waals surface area contributed by atoms with Gasteiger partial charge in [0.1, 0.15) is 12.4 Å². The maximum atomic E-state index is 14.4. The molecule has 28 heavy (non-hydrogen) atoms. The Morgan fingerprint density at radius 1 is 1.39 bits per heavy atom. The molecule has 0 aliphatic carbocycles. The molecule has 7 heteroatoms. The molecular weight excluding hydrogens is 379 g/mol. The number of benzene rings is 2. The van der Waals surface area contributed by atoms with Crippen LogP contribution < -0.4 is 5.32 Å². The van der Waals surface area contributed by atoms with Crippen LogP contribution in [0.25, 0.3) is 11.0 Å². The monoisotopic (exact) mass is 398 g/mol. The van der Waals surface area contributed by atoms with Crippen molar-refractivity contribution in [2.24, 2.45) is 0 Å². The summed E-state index contributed by atoms with van der Waals surface area (Å²) in [4.78, 5) is 16.7. The molecule has 0 aliphatic rings. The van der Waals surface area contributed by atoms with E-state index in [2.05, 4.69) is 16.4 Å². The van der Waals surface area contributed by atoms with Crippen molar-refractivity contribution in [2.75, 3.05) is 0 Å². The Morgan fingerprint density at radius 2 is 2.18 bits per heavy atom. The van der Waals surface area contributed by atoms with Crippen molar-refractivity contribution in [1.82, 2.24) is 14.9 Å². The number of carbonyl (C=O) groups is 1. The van der Waals surface area contributed by atoms with E-state index in [4.69, 9.17) is 16.9 Å². The highest BCUT2D eigenvalue weighted by atomic mass is 35.5. The van der Waals surface area contributed by atoms with Gasteiger partial charge in [0, 0.05) is 5.56 Å². The summed E-state index contributed by atoms with van der Waals surface area (Å²) in [6.45, 7) is 3.68. The van der Waals surface area contributed by atoms with E-state index >= 15 is 0 Å². The number of carbonyl (C=O) groups excluding carboxylic acids is 1. The van der Waals surface area contributed by atoms with Crippen LogP contribution in [0, 0.1) is 17.1 Å². The van der Waals surface area contributed by atoms with Crippen LogP contribution in [0.5, 0.6) is 0 Å². The van der Waals surface area contributed by atoms with Crippen LogP contribution in [0.2, 0.25) is 5.02 Å². The molecule has 0 spiro atoms. The SMILES string of the molecule is CCC(C#N)c1ccc(C(C)NC(=O)Cn2cnc3cccc(Cl)c32)cc1F. The van der Waals surface area contributed by atoms with E-state index in [1.54, 1.807) is 42.1 Å². The molecule has 1 aromatic heterocycles. The van der Waals surface area contributed by atoms with Crippen molar-refractivity contribution in [2.45, 2.75) is 38.8 Å². The first-order valence-electron chi connectivity index (χ1n) is 9.02. The smallest absolute Gasteiger partial charge is 0.240 e. The van der Waals surface area contributed by atoms with Gasteiger partial charge in [0.2, 0.25) is 5.91 Å². The second kappa shape index (κ2) is 8.41. The molecule has 1 heterocycles. The van der Waals surface area contributed by atoms with Gasteiger partial charge >= 0.3 is 0 Å². The second-order valence-electron chi connectivity index (χ2n) is 6.64. The van der Waals surface area contributed by atoms with E-state index in [1.807, 2.05) is 13.0 Å². The minimum Gasteiger partial charge on any atom is -0.348 e. The summed E-state index contributed by atoms with van der Waals surface area (Å²) in [6, 6.07) is 11.8. The van der Waals surface area contributed by atoms with Gasteiger partial charge in [0.15, 0.2) is 0 Å². The first-order valence-corrected chi connectivity index (χ1v) is 9.40. The number of fused-ring (bicyclic) bond motifs is 1. The lowest BCUT2D eigenvalue weighted by Gasteiger charge is -2.17. The lowest BCUT2D eigenvalue weighted by molar-refractivity contribution is -0.122. The van der Waals surface area contributed by atoms with Crippen LogP contribution in [0.3, 0.4) is 0 Å². The minimum atomic E-state index is -0.474. The highest BCUT2D eigenvalue weighted by Gasteiger charge is 2.17. The van der Waals surface area contributed by atoms with E-state index in [9.17, 15) is 9.18 Å². The molecule has 3 rings (SSSR count). The van der Waals surface area contributed by atoms with E-state index in [1.165, 1.54) is 6.07 Å². The van der Waals surface area contributed by atoms with Crippen LogP contribution in [0.4, 0.5) is 4.39 Å². The number of nitrogens with one attached hydrogen (secondary N) is 1. The third-order valence-electron chi connectivity index (χ3n) is 4.74. The summed E-state index contributed by atoms with van der Waals surface area (Å²) >= 11 is 6.21. The number of amides is 1. The van der Waals surface area contributed by atoms with Gasteiger partial charge in [-0.3, -0.25) is 4.79 Å². The largest absolute Gasteiger partial charge is 0.348 e. The molecule has 1 N–H and O–H groups in total. The Bertz CT molecular complexity index is 1060. The first-order chi connectivity index (χ1) is 13.4. The molecule has 2 unspecified atom stereocenters. The normalized spacial score (nSPS) is 13.1. The molecular formula is C21H20ClFN4O. The maximum absolute atomic E-state index is 14.4. The topological polar surface area (TPSA) is 70.7 Å². The van der Waals surface area contributed by atoms with Crippen LogP contribution >= 0.6 is 11.6 Å². The second-order valence-corrected chi connectivity index (χ2v) is 7.05. The van der Waals surface area contributed by atoms with Gasteiger partial charge in [-0.2, -0.15) is 5.26 Å². The van der Waals surface area contributed by atoms with Crippen molar-refractivity contribution in [1.29, 1.82) is 5.26 Å². The number of imidazole rings is 1. The lowest BCUT2D eigenvalue weighted by atomic mass is 9.95. The molecule has 1 amide bonds. The van der Waals surface area contributed by atoms with Gasteiger partial charge in [-0.25, -0.2) is 9.37 Å². The molecule has 0 aliphatic heterocycles. The fraction of sp³-hybridized carbons (Fsp3) is 0.286. The van der Waals surface area contributed by atoms with Crippen molar-refractivity contribution in [3.63, 3.8) is 0 Å². The Labute approximate surface area is 167 Å². The van der Waals surface area contributed by atoms with Crippen LogP contribution in [-0.4, -0.2) is 15.5 Å². The average Bonchev–Trinajstić information content (AvgIpc) is 3.07. The summed E-state index contributed by atoms with van der Waals surface area (Å²) in [6.07, 6.45) is 2.11. The zero-order valence-corrected chi connectivity index (χ0v) is 16.4. The average molecular weight is 399 g/mol. The van der Waals surface area contributed by atoms with Gasteiger partial charge in [-0.15, -0.1) is 0 Å². The third kappa shape index (κ3) is 4.00. The Hall–Kier alpha value is -2.91. The highest BCUT2D eigenvalue weighted by Crippen LogP contribution is 2.25. The fourth-order valence-electron chi connectivity index (χ4n) is 3.20. The number of halogens is 2. The van der Waals surface area contributed by atoms with Crippen LogP contribution in [-0.2, 0) is 11.3 Å². The van der Waals surface area contributed by atoms with Crippen molar-refractivity contribution >= 4 is 28.5 Å². The van der Waals surface area contributed by atoms with E-state index in [0.29, 0.717) is 33.6 Å². The fourth-order valence-corrected chi connectivity index (χ4v) is 3.48. The Balaban J connectivity index is 1.72. The number of rotatable bonds is 6. The van der Waals surface area contributed by atoms with Gasteiger partial charge < -0.3 is 9.88 Å². The molecule has 0 fully saturated rings. The zero-order chi connectivity index (χ0) is 20.3. The predicted octanol–water partition coefficient (Wildman–Crippen LogP) is 4.72. The molecule has 2 aromatic carbocycles. The summed E-state index contributed by atoms with van der Waals surface area (Å²) < 4.78 is 16.1. The number of para-hydroxylation sites is 1. The molecule has 5 nitrogen and oxygen atoms in total. The molecule has 2 atom stereocenters. The molecule has 0 saturated carbocycles. The van der Waals surface area contributed by atoms with Crippen LogP contribution in [0.15, 0.2) is 42.7 Å². The maximum Gasteiger partial charge on any atom is 0.240 e. The molecule has 144 valence electrons. The third-order valence-corrected chi connectivity index (χ3v) is 5.05. The van der Waals surface area contributed by atoms with Crippen LogP contribution in [0.1, 0.15) is 43.4 Å². The predicted molar refractivity (Wildman–Crippen MR) is 106 cm³/mol. The molecule has 0 saturated heterocycles. The zero-order valence-electron chi connectivity index (χ0n) is 15.6. The molecule has 0 radical (unpaired) electrons. The van der Waals surface area contributed by atoms with Crippen molar-refractivity contribution in [3.05, 3.63) is 64.7 Å². The minimum absolute atomic E-state index is 0.0531. The van der Waals surface area contributed by atoms with Crippen molar-refractivity contribution in [3.8, 4) is 6.07 Å². The van der Waals surface area contributed by atoms with Gasteiger partial charge in [-0.1, -0.05) is 36.7 Å². The summed E-state index contributed by atoms with van der Waals surface area (Å²) in [5, 5.41) is 12.5. The number of nitriles is 1. The Morgan fingerprint density at radius 3 is 2.86 bits per heavy atom. The van der Waals surface area contributed by atoms with E-state index in [0.717, 1.165) is 0 Å². The standard InChI is InChI=1S/C21H20ClFN4O/c1-3-14(10-24)16-8-7-15(9-18(16)23)13(2)26-20(28)11-27-12-25-19-6-4-5-17(22)21(19)27/h4-9,12-14H,3,11H2,1-2H3,(H,26,28). The number of hydrogen-bond donors (Lipinski definition) is 1. The van der Waals surface area contributed by atoms with Crippen molar-refractivity contribution < 1.29 is 9.18 Å². The summed E-state index contributed by atoms with van der Waals surface area (Å²) in [7, 11) is 0. The summed E-state index contributed by atoms with van der Waals surface area (Å²) in [5.74, 6) is -1.14. The highest BCUT2D eigenvalue weighted by molar-refractivity contribution is 6.35. The first kappa shape index (κ1) is 19.8. The molecule has 0 bridgehead atoms. The van der Waals surface area contributed by atoms with Gasteiger partial charge in [0.05, 0.1) is 40.4 Å². The quantitative estimate of drug-likeness (QED) is 0.652. The lowest BCUT2D eigenvalue weighted by Crippen LogP contribution is -2.30. The van der Waals surface area contributed by atoms with Gasteiger partial charge in [0.25, 0.3) is 0 Å². The number of hydrogen-bond acceptors (Lipinski definition) is 3. The Kier molecular flexibility index (Phi) is 5.96. The van der Waals surface area contributed by atoms with Gasteiger partial charge in [-0.05, 0) is 37.1 Å². The number of nitrogens with zero attached hydrogens (tertiary/aromatic N) is 3. The molecule has 3 aromatic rings. The van der Waals surface area contributed by atoms with E-state index < -0.39 is 11.7 Å².